The van der Waals surface area contributed by atoms with Crippen LogP contribution in [0.15, 0.2) is 30.6 Å². The Labute approximate surface area is 179 Å². The number of aromatic nitrogens is 4. The maximum Gasteiger partial charge on any atom is 0.173 e. The lowest BCUT2D eigenvalue weighted by Gasteiger charge is -2.30. The molecule has 7 nitrogen and oxygen atoms in total. The second-order valence-corrected chi connectivity index (χ2v) is 8.73. The van der Waals surface area contributed by atoms with Crippen LogP contribution in [0.3, 0.4) is 0 Å². The lowest BCUT2D eigenvalue weighted by atomic mass is 10.0. The van der Waals surface area contributed by atoms with Gasteiger partial charge in [-0.15, -0.1) is 0 Å². The number of benzene rings is 1. The van der Waals surface area contributed by atoms with Crippen molar-refractivity contribution in [3.05, 3.63) is 47.7 Å². The highest BCUT2D eigenvalue weighted by atomic mass is 19.1. The van der Waals surface area contributed by atoms with Crippen LogP contribution in [0.1, 0.15) is 30.0 Å². The minimum absolute atomic E-state index is 0.341. The predicted molar refractivity (Wildman–Crippen MR) is 121 cm³/mol. The van der Waals surface area contributed by atoms with Crippen LogP contribution >= 0.6 is 0 Å². The summed E-state index contributed by atoms with van der Waals surface area (Å²) in [6.45, 7) is 5.92. The maximum atomic E-state index is 14.6. The van der Waals surface area contributed by atoms with Gasteiger partial charge in [0, 0.05) is 62.8 Å². The van der Waals surface area contributed by atoms with Crippen molar-refractivity contribution in [3.63, 3.8) is 0 Å². The van der Waals surface area contributed by atoms with Crippen LogP contribution in [-0.4, -0.2) is 45.3 Å². The van der Waals surface area contributed by atoms with Crippen LogP contribution in [0, 0.1) is 12.7 Å². The average Bonchev–Trinajstić information content (AvgIpc) is 3.47. The molecule has 2 aliphatic rings. The van der Waals surface area contributed by atoms with E-state index in [1.807, 2.05) is 31.0 Å². The van der Waals surface area contributed by atoms with Crippen LogP contribution in [0.4, 0.5) is 21.6 Å². The van der Waals surface area contributed by atoms with Crippen LogP contribution in [-0.2, 0) is 7.05 Å². The van der Waals surface area contributed by atoms with Gasteiger partial charge in [-0.05, 0) is 43.4 Å². The van der Waals surface area contributed by atoms with Crippen LogP contribution < -0.4 is 15.5 Å². The lowest BCUT2D eigenvalue weighted by molar-refractivity contribution is 0.589. The van der Waals surface area contributed by atoms with Crippen molar-refractivity contribution < 1.29 is 4.39 Å². The largest absolute Gasteiger partial charge is 0.369 e. The first-order valence-electron chi connectivity index (χ1n) is 10.9. The molecule has 0 unspecified atom stereocenters. The van der Waals surface area contributed by atoms with Crippen molar-refractivity contribution in [2.45, 2.75) is 25.7 Å². The predicted octanol–water partition coefficient (Wildman–Crippen LogP) is 3.70. The van der Waals surface area contributed by atoms with Gasteiger partial charge >= 0.3 is 0 Å². The summed E-state index contributed by atoms with van der Waals surface area (Å²) in [5.74, 6) is 1.01. The first-order valence-corrected chi connectivity index (χ1v) is 10.9. The molecule has 1 aromatic carbocycles. The number of piperazine rings is 1. The van der Waals surface area contributed by atoms with Crippen LogP contribution in [0.2, 0.25) is 0 Å². The Kier molecular flexibility index (Phi) is 4.17. The number of imidazole rings is 1. The van der Waals surface area contributed by atoms with Gasteiger partial charge in [-0.25, -0.2) is 9.37 Å². The highest BCUT2D eigenvalue weighted by Crippen LogP contribution is 2.46. The van der Waals surface area contributed by atoms with Gasteiger partial charge in [0.05, 0.1) is 16.9 Å². The zero-order valence-corrected chi connectivity index (χ0v) is 17.8. The van der Waals surface area contributed by atoms with Gasteiger partial charge in [-0.2, -0.15) is 5.10 Å². The van der Waals surface area contributed by atoms with E-state index < -0.39 is 0 Å². The highest BCUT2D eigenvalue weighted by molar-refractivity contribution is 5.97. The molecular weight excluding hydrogens is 393 g/mol. The Hall–Kier alpha value is -3.13. The normalized spacial score (nSPS) is 17.1. The third-order valence-electron chi connectivity index (χ3n) is 6.36. The van der Waals surface area contributed by atoms with Gasteiger partial charge in [-0.1, -0.05) is 0 Å². The smallest absolute Gasteiger partial charge is 0.173 e. The molecule has 2 N–H and O–H groups in total. The maximum absolute atomic E-state index is 14.6. The summed E-state index contributed by atoms with van der Waals surface area (Å²) in [7, 11) is 1.98. The topological polar surface area (TPSA) is 62.4 Å². The summed E-state index contributed by atoms with van der Waals surface area (Å²) < 4.78 is 18.3. The van der Waals surface area contributed by atoms with Crippen molar-refractivity contribution in [1.29, 1.82) is 0 Å². The van der Waals surface area contributed by atoms with Crippen molar-refractivity contribution in [1.82, 2.24) is 24.5 Å². The number of nitrogens with one attached hydrogen (secondary N) is 2. The van der Waals surface area contributed by atoms with E-state index >= 15 is 0 Å². The molecule has 1 aliphatic carbocycles. The Bertz CT molecular complexity index is 1290. The summed E-state index contributed by atoms with van der Waals surface area (Å²) >= 11 is 0. The first kappa shape index (κ1) is 18.6. The van der Waals surface area contributed by atoms with Crippen molar-refractivity contribution in [3.8, 4) is 0 Å². The SMILES string of the molecule is Cc1cn2cc(Nc3nn(C)c4cc(N5CCNCC5)cc(C5CC5)c34)cc(F)c2n1. The molecule has 4 heterocycles. The molecule has 8 heteroatoms. The number of rotatable bonds is 4. The minimum Gasteiger partial charge on any atom is -0.369 e. The Morgan fingerprint density at radius 2 is 1.94 bits per heavy atom. The summed E-state index contributed by atoms with van der Waals surface area (Å²) in [5.41, 5.74) is 5.52. The van der Waals surface area contributed by atoms with E-state index in [0.717, 1.165) is 48.6 Å². The third kappa shape index (κ3) is 3.22. The molecule has 2 fully saturated rings. The molecule has 0 spiro atoms. The summed E-state index contributed by atoms with van der Waals surface area (Å²) in [6, 6.07) is 6.09. The van der Waals surface area contributed by atoms with Gasteiger partial charge in [0.1, 0.15) is 0 Å². The van der Waals surface area contributed by atoms with E-state index in [9.17, 15) is 4.39 Å². The molecule has 1 saturated carbocycles. The zero-order valence-electron chi connectivity index (χ0n) is 17.8. The molecular formula is C23H26FN7. The van der Waals surface area contributed by atoms with Crippen molar-refractivity contribution >= 4 is 33.7 Å². The second-order valence-electron chi connectivity index (χ2n) is 8.73. The van der Waals surface area contributed by atoms with E-state index in [0.29, 0.717) is 17.3 Å². The molecule has 4 aromatic rings. The molecule has 1 saturated heterocycles. The van der Waals surface area contributed by atoms with Gasteiger partial charge in [-0.3, -0.25) is 4.68 Å². The number of halogens is 1. The zero-order chi connectivity index (χ0) is 21.1. The number of aryl methyl sites for hydroxylation is 2. The quantitative estimate of drug-likeness (QED) is 0.528. The minimum atomic E-state index is -0.346. The van der Waals surface area contributed by atoms with E-state index in [4.69, 9.17) is 5.10 Å². The van der Waals surface area contributed by atoms with E-state index in [1.54, 1.807) is 4.40 Å². The first-order chi connectivity index (χ1) is 15.1. The van der Waals surface area contributed by atoms with Crippen LogP contribution in [0.25, 0.3) is 16.6 Å². The molecule has 0 atom stereocenters. The second kappa shape index (κ2) is 6.95. The van der Waals surface area contributed by atoms with E-state index in [2.05, 4.69) is 32.7 Å². The van der Waals surface area contributed by atoms with Crippen LogP contribution in [0.5, 0.6) is 0 Å². The Balaban J connectivity index is 1.45. The Morgan fingerprint density at radius 1 is 1.13 bits per heavy atom. The van der Waals surface area contributed by atoms with Gasteiger partial charge in [0.15, 0.2) is 17.3 Å². The molecule has 31 heavy (non-hydrogen) atoms. The number of fused-ring (bicyclic) bond motifs is 2. The van der Waals surface area contributed by atoms with Gasteiger partial charge < -0.3 is 19.9 Å². The van der Waals surface area contributed by atoms with Gasteiger partial charge in [0.2, 0.25) is 0 Å². The van der Waals surface area contributed by atoms with E-state index in [-0.39, 0.29) is 5.82 Å². The van der Waals surface area contributed by atoms with E-state index in [1.165, 1.54) is 30.2 Å². The Morgan fingerprint density at radius 3 is 2.71 bits per heavy atom. The summed E-state index contributed by atoms with van der Waals surface area (Å²) in [6.07, 6.45) is 6.12. The average molecular weight is 420 g/mol. The number of anilines is 3. The molecule has 160 valence electrons. The monoisotopic (exact) mass is 419 g/mol. The number of hydrogen-bond acceptors (Lipinski definition) is 5. The summed E-state index contributed by atoms with van der Waals surface area (Å²) in [5, 5.41) is 12.7. The van der Waals surface area contributed by atoms with Crippen molar-refractivity contribution in [2.24, 2.45) is 7.05 Å². The molecule has 0 radical (unpaired) electrons. The molecule has 1 aliphatic heterocycles. The number of hydrogen-bond donors (Lipinski definition) is 2. The van der Waals surface area contributed by atoms with Crippen molar-refractivity contribution in [2.75, 3.05) is 36.4 Å². The molecule has 6 rings (SSSR count). The standard InChI is InChI=1S/C23H26FN7/c1-14-12-31-13-16(9-19(24)23(31)26-14)27-22-21-18(15-3-4-15)10-17(11-20(21)29(2)28-22)30-7-5-25-6-8-30/h9-13,15,25H,3-8H2,1-2H3,(H,27,28). The molecule has 3 aromatic heterocycles. The molecule has 0 amide bonds. The van der Waals surface area contributed by atoms with Gasteiger partial charge in [0.25, 0.3) is 0 Å². The lowest BCUT2D eigenvalue weighted by Crippen LogP contribution is -2.43. The number of pyridine rings is 1. The highest BCUT2D eigenvalue weighted by Gasteiger charge is 2.29. The third-order valence-corrected chi connectivity index (χ3v) is 6.36. The molecule has 0 bridgehead atoms. The number of nitrogens with zero attached hydrogens (tertiary/aromatic N) is 5. The fourth-order valence-corrected chi connectivity index (χ4v) is 4.69. The fraction of sp³-hybridized carbons (Fsp3) is 0.391. The summed E-state index contributed by atoms with van der Waals surface area (Å²) in [4.78, 5) is 6.70. The fourth-order valence-electron chi connectivity index (χ4n) is 4.69.